The molecule has 1 amide bonds. The molecule has 9 heteroatoms. The van der Waals surface area contributed by atoms with Crippen LogP contribution in [0.3, 0.4) is 0 Å². The number of aromatic nitrogens is 1. The van der Waals surface area contributed by atoms with Crippen LogP contribution in [-0.2, 0) is 11.2 Å². The fraction of sp³-hybridized carbons (Fsp3) is 0.765. The van der Waals surface area contributed by atoms with Crippen molar-refractivity contribution in [1.29, 1.82) is 0 Å². The predicted molar refractivity (Wildman–Crippen MR) is 112 cm³/mol. The van der Waals surface area contributed by atoms with E-state index in [-0.39, 0.29) is 36.8 Å². The molecule has 2 rings (SSSR count). The molecule has 0 bridgehead atoms. The lowest BCUT2D eigenvalue weighted by Gasteiger charge is -2.37. The van der Waals surface area contributed by atoms with Crippen LogP contribution < -0.4 is 11.1 Å². The Kier molecular flexibility index (Phi) is 13.5. The number of carbonyl (C=O) groups excluding carboxylic acids is 1. The van der Waals surface area contributed by atoms with Gasteiger partial charge in [0.1, 0.15) is 5.69 Å². The molecule has 2 heterocycles. The zero-order chi connectivity index (χ0) is 17.4. The van der Waals surface area contributed by atoms with Gasteiger partial charge in [-0.15, -0.1) is 36.2 Å². The van der Waals surface area contributed by atoms with Crippen molar-refractivity contribution in [3.05, 3.63) is 16.1 Å². The first-order valence-electron chi connectivity index (χ1n) is 8.89. The van der Waals surface area contributed by atoms with Gasteiger partial charge in [0.2, 0.25) is 0 Å². The molecule has 1 aromatic rings. The maximum absolute atomic E-state index is 12.4. The third-order valence-corrected chi connectivity index (χ3v) is 5.32. The zero-order valence-corrected chi connectivity index (χ0v) is 18.1. The number of amides is 1. The molecule has 0 aromatic carbocycles. The number of nitrogens with zero attached hydrogens (tertiary/aromatic N) is 2. The molecule has 1 aromatic heterocycles. The Labute approximate surface area is 173 Å². The molecule has 2 unspecified atom stereocenters. The summed E-state index contributed by atoms with van der Waals surface area (Å²) in [6.45, 7) is 9.53. The minimum Gasteiger partial charge on any atom is -0.382 e. The van der Waals surface area contributed by atoms with E-state index in [4.69, 9.17) is 10.5 Å². The van der Waals surface area contributed by atoms with Crippen molar-refractivity contribution in [2.24, 2.45) is 11.7 Å². The van der Waals surface area contributed by atoms with Crippen LogP contribution in [0.4, 0.5) is 0 Å². The monoisotopic (exact) mass is 426 g/mol. The van der Waals surface area contributed by atoms with Gasteiger partial charge in [0.15, 0.2) is 0 Å². The molecule has 2 atom stereocenters. The molecule has 1 aliphatic heterocycles. The Hall–Kier alpha value is -0.440. The molecule has 1 saturated heterocycles. The second kappa shape index (κ2) is 13.7. The van der Waals surface area contributed by atoms with E-state index < -0.39 is 0 Å². The summed E-state index contributed by atoms with van der Waals surface area (Å²) in [4.78, 5) is 19.2. The third kappa shape index (κ3) is 8.06. The van der Waals surface area contributed by atoms with Crippen LogP contribution in [-0.4, -0.2) is 61.2 Å². The molecule has 0 saturated carbocycles. The molecule has 6 nitrogen and oxygen atoms in total. The van der Waals surface area contributed by atoms with E-state index in [1.807, 2.05) is 12.3 Å². The number of nitrogens with one attached hydrogen (secondary N) is 1. The van der Waals surface area contributed by atoms with Gasteiger partial charge in [-0.2, -0.15) is 0 Å². The standard InChI is InChI=1S/C17H30N4O2S.2ClH/c1-3-23-10-4-8-21-9-6-14(13(2)11-21)20-17(22)15-12-24-16(19-15)5-7-18;;/h12-14H,3-11,18H2,1-2H3,(H,20,22);2*1H. The normalized spacial score (nSPS) is 20.1. The summed E-state index contributed by atoms with van der Waals surface area (Å²) in [5, 5.41) is 5.92. The Morgan fingerprint density at radius 3 is 2.92 bits per heavy atom. The van der Waals surface area contributed by atoms with Gasteiger partial charge >= 0.3 is 0 Å². The molecule has 1 fully saturated rings. The van der Waals surface area contributed by atoms with E-state index in [1.165, 1.54) is 11.3 Å². The third-order valence-electron chi connectivity index (χ3n) is 4.42. The number of hydrogen-bond donors (Lipinski definition) is 2. The molecule has 3 N–H and O–H groups in total. The van der Waals surface area contributed by atoms with Crippen molar-refractivity contribution in [1.82, 2.24) is 15.2 Å². The van der Waals surface area contributed by atoms with Gasteiger partial charge < -0.3 is 20.7 Å². The van der Waals surface area contributed by atoms with Crippen molar-refractivity contribution in [3.63, 3.8) is 0 Å². The molecule has 0 radical (unpaired) electrons. The van der Waals surface area contributed by atoms with Crippen molar-refractivity contribution in [2.75, 3.05) is 39.4 Å². The molecule has 0 spiro atoms. The van der Waals surface area contributed by atoms with Gasteiger partial charge in [0, 0.05) is 50.7 Å². The summed E-state index contributed by atoms with van der Waals surface area (Å²) in [6, 6.07) is 0.223. The van der Waals surface area contributed by atoms with Crippen LogP contribution in [0.15, 0.2) is 5.38 Å². The first-order valence-corrected chi connectivity index (χ1v) is 9.77. The Bertz CT molecular complexity index is 519. The van der Waals surface area contributed by atoms with E-state index in [2.05, 4.69) is 22.1 Å². The van der Waals surface area contributed by atoms with Crippen LogP contribution in [0.5, 0.6) is 0 Å². The highest BCUT2D eigenvalue weighted by Crippen LogP contribution is 2.18. The van der Waals surface area contributed by atoms with Gasteiger partial charge in [0.05, 0.1) is 5.01 Å². The van der Waals surface area contributed by atoms with Crippen molar-refractivity contribution in [2.45, 2.75) is 39.2 Å². The second-order valence-electron chi connectivity index (χ2n) is 6.36. The van der Waals surface area contributed by atoms with Gasteiger partial charge in [-0.1, -0.05) is 6.92 Å². The Morgan fingerprint density at radius 2 is 2.27 bits per heavy atom. The minimum absolute atomic E-state index is 0. The van der Waals surface area contributed by atoms with E-state index in [0.717, 1.165) is 57.1 Å². The number of piperidine rings is 1. The highest BCUT2D eigenvalue weighted by molar-refractivity contribution is 7.09. The lowest BCUT2D eigenvalue weighted by atomic mass is 9.93. The summed E-state index contributed by atoms with van der Waals surface area (Å²) in [5.74, 6) is 0.383. The van der Waals surface area contributed by atoms with Gasteiger partial charge in [0.25, 0.3) is 5.91 Å². The first-order chi connectivity index (χ1) is 11.6. The topological polar surface area (TPSA) is 80.5 Å². The van der Waals surface area contributed by atoms with Gasteiger partial charge in [-0.05, 0) is 32.2 Å². The summed E-state index contributed by atoms with van der Waals surface area (Å²) in [5.41, 5.74) is 6.05. The molecular weight excluding hydrogens is 395 g/mol. The Balaban J connectivity index is 0.00000312. The maximum atomic E-state index is 12.4. The second-order valence-corrected chi connectivity index (χ2v) is 7.30. The van der Waals surface area contributed by atoms with Gasteiger partial charge in [-0.3, -0.25) is 4.79 Å². The number of ether oxygens (including phenoxy) is 1. The predicted octanol–water partition coefficient (Wildman–Crippen LogP) is 2.35. The highest BCUT2D eigenvalue weighted by atomic mass is 35.5. The largest absolute Gasteiger partial charge is 0.382 e. The van der Waals surface area contributed by atoms with Crippen LogP contribution in [0.2, 0.25) is 0 Å². The summed E-state index contributed by atoms with van der Waals surface area (Å²) < 4.78 is 5.40. The number of rotatable bonds is 9. The van der Waals surface area contributed by atoms with Crippen LogP contribution in [0.25, 0.3) is 0 Å². The van der Waals surface area contributed by atoms with Crippen molar-refractivity contribution >= 4 is 42.1 Å². The number of nitrogens with two attached hydrogens (primary N) is 1. The molecular formula is C17H32Cl2N4O2S. The van der Waals surface area contributed by atoms with Crippen LogP contribution in [0.1, 0.15) is 42.2 Å². The average molecular weight is 427 g/mol. The number of carbonyl (C=O) groups is 1. The molecule has 26 heavy (non-hydrogen) atoms. The van der Waals surface area contributed by atoms with E-state index in [9.17, 15) is 4.79 Å². The quantitative estimate of drug-likeness (QED) is 0.592. The fourth-order valence-electron chi connectivity index (χ4n) is 3.08. The summed E-state index contributed by atoms with van der Waals surface area (Å²) in [7, 11) is 0. The van der Waals surface area contributed by atoms with E-state index >= 15 is 0 Å². The Morgan fingerprint density at radius 1 is 1.50 bits per heavy atom. The zero-order valence-electron chi connectivity index (χ0n) is 15.6. The molecule has 152 valence electrons. The number of halogens is 2. The summed E-state index contributed by atoms with van der Waals surface area (Å²) in [6.07, 6.45) is 2.79. The fourth-order valence-corrected chi connectivity index (χ4v) is 3.87. The molecule has 0 aliphatic carbocycles. The van der Waals surface area contributed by atoms with E-state index in [0.29, 0.717) is 18.2 Å². The smallest absolute Gasteiger partial charge is 0.270 e. The van der Waals surface area contributed by atoms with E-state index in [1.54, 1.807) is 0 Å². The van der Waals surface area contributed by atoms with Crippen LogP contribution in [0, 0.1) is 5.92 Å². The average Bonchev–Trinajstić information content (AvgIpc) is 3.03. The first kappa shape index (κ1) is 25.6. The lowest BCUT2D eigenvalue weighted by Crippen LogP contribution is -2.50. The number of thiazole rings is 1. The number of hydrogen-bond acceptors (Lipinski definition) is 6. The van der Waals surface area contributed by atoms with Gasteiger partial charge in [-0.25, -0.2) is 4.98 Å². The number of likely N-dealkylation sites (tertiary alicyclic amines) is 1. The molecule has 1 aliphatic rings. The van der Waals surface area contributed by atoms with Crippen LogP contribution >= 0.6 is 36.2 Å². The summed E-state index contributed by atoms with van der Waals surface area (Å²) >= 11 is 1.51. The minimum atomic E-state index is -0.0591. The van der Waals surface area contributed by atoms with Crippen molar-refractivity contribution < 1.29 is 9.53 Å². The maximum Gasteiger partial charge on any atom is 0.270 e. The lowest BCUT2D eigenvalue weighted by molar-refractivity contribution is 0.0839. The SMILES string of the molecule is CCOCCCN1CCC(NC(=O)c2csc(CCN)n2)C(C)C1.Cl.Cl. The van der Waals surface area contributed by atoms with Crippen molar-refractivity contribution in [3.8, 4) is 0 Å². The highest BCUT2D eigenvalue weighted by Gasteiger charge is 2.27.